The van der Waals surface area contributed by atoms with Crippen molar-refractivity contribution in [3.8, 4) is 0 Å². The Morgan fingerprint density at radius 1 is 1.17 bits per heavy atom. The van der Waals surface area contributed by atoms with Crippen LogP contribution in [-0.2, 0) is 51.2 Å². The number of hydrogen-bond acceptors (Lipinski definition) is 1. The van der Waals surface area contributed by atoms with Gasteiger partial charge < -0.3 is 13.3 Å². The molecule has 0 heterocycles. The molecule has 0 N–H and O–H groups in total. The topological polar surface area (TPSA) is 23.8 Å². The van der Waals surface area contributed by atoms with E-state index in [1.165, 1.54) is 0 Å². The third-order valence-corrected chi connectivity index (χ3v) is 0. The molecule has 0 aliphatic heterocycles. The first-order chi connectivity index (χ1) is 1.00. The van der Waals surface area contributed by atoms with Crippen molar-refractivity contribution in [2.24, 2.45) is 0 Å². The Hall–Kier alpha value is 2.05. The molecule has 0 bridgehead atoms. The van der Waals surface area contributed by atoms with Crippen LogP contribution in [0, 0.1) is 11.8 Å². The maximum absolute atomic E-state index is 6.25. The van der Waals surface area contributed by atoms with Crippen molar-refractivity contribution in [3.63, 3.8) is 0 Å². The summed E-state index contributed by atoms with van der Waals surface area (Å²) in [5, 5.41) is 6.25. The second kappa shape index (κ2) is 61.5. The molecule has 0 rings (SSSR count). The first-order valence-corrected chi connectivity index (χ1v) is 0.224. The van der Waals surface area contributed by atoms with E-state index in [4.69, 9.17) is 11.8 Å². The molecule has 0 unspecified atom stereocenters. The Labute approximate surface area is 92.8 Å². The predicted octanol–water partition coefficient (Wildman–Crippen LogP) is -2.79. The van der Waals surface area contributed by atoms with Crippen LogP contribution in [0.25, 0.3) is 0 Å². The van der Waals surface area contributed by atoms with Gasteiger partial charge in [0.25, 0.3) is 0 Å². The van der Waals surface area contributed by atoms with Crippen molar-refractivity contribution in [2.75, 3.05) is 0 Å². The summed E-state index contributed by atoms with van der Waals surface area (Å²) < 4.78 is 0. The van der Waals surface area contributed by atoms with Gasteiger partial charge in [-0.2, -0.15) is 0 Å². The van der Waals surface area contributed by atoms with Crippen molar-refractivity contribution in [2.45, 2.75) is 0 Å². The van der Waals surface area contributed by atoms with Crippen LogP contribution in [-0.4, -0.2) is 0 Å². The molecule has 0 aromatic carbocycles. The van der Waals surface area contributed by atoms with Crippen LogP contribution in [0.5, 0.6) is 0 Å². The van der Waals surface area contributed by atoms with Gasteiger partial charge in [0.15, 0.2) is 0 Å². The summed E-state index contributed by atoms with van der Waals surface area (Å²) in [4.78, 5) is 0. The number of nitrogens with zero attached hydrogens (tertiary/aromatic N) is 1. The molecule has 0 saturated heterocycles. The van der Waals surface area contributed by atoms with E-state index in [1.807, 2.05) is 0 Å². The third-order valence-electron chi connectivity index (χ3n) is 0. The predicted molar refractivity (Wildman–Crippen MR) is 6.08 cm³/mol. The Balaban J connectivity index is -0.000000000500. The van der Waals surface area contributed by atoms with Crippen molar-refractivity contribution in [1.82, 2.24) is 0 Å². The van der Waals surface area contributed by atoms with Crippen LogP contribution in [0.1, 0.15) is 1.43 Å². The van der Waals surface area contributed by atoms with Gasteiger partial charge in [0, 0.05) is 51.2 Å². The summed E-state index contributed by atoms with van der Waals surface area (Å²) in [5.41, 5.74) is 0. The number of rotatable bonds is 0. The molecule has 0 aliphatic carbocycles. The van der Waals surface area contributed by atoms with Crippen molar-refractivity contribution < 1.29 is 82.2 Å². The minimum Gasteiger partial charge on any atom is -1.00 e. The maximum Gasteiger partial charge on any atom is 1.00 e. The molecular weight excluding hydrogens is 216 g/mol. The molecule has 0 atom stereocenters. The van der Waals surface area contributed by atoms with Gasteiger partial charge in [-0.15, -0.1) is 0 Å². The largest absolute Gasteiger partial charge is 1.00 e. The van der Waals surface area contributed by atoms with Crippen LogP contribution in [0.2, 0.25) is 0 Å². The van der Waals surface area contributed by atoms with Crippen LogP contribution in [0.15, 0.2) is 0 Å². The van der Waals surface area contributed by atoms with E-state index < -0.39 is 0 Å². The third kappa shape index (κ3) is 36.7. The van der Waals surface area contributed by atoms with Gasteiger partial charge >= 0.3 is 29.6 Å². The molecule has 1 nitrogen and oxygen atoms in total. The first-order valence-electron chi connectivity index (χ1n) is 0.224. The first kappa shape index (κ1) is 43.0. The second-order valence-electron chi connectivity index (χ2n) is 0. The minimum atomic E-state index is 0. The zero-order valence-corrected chi connectivity index (χ0v) is 8.42. The molecular formula is CHFe2MnNNa-. The van der Waals surface area contributed by atoms with E-state index in [0.717, 1.165) is 0 Å². The molecule has 0 aliphatic rings. The van der Waals surface area contributed by atoms with Gasteiger partial charge in [0.1, 0.15) is 0 Å². The van der Waals surface area contributed by atoms with Gasteiger partial charge in [-0.05, 0) is 0 Å². The summed E-state index contributed by atoms with van der Waals surface area (Å²) in [7, 11) is 0. The molecule has 0 amide bonds. The maximum atomic E-state index is 6.25. The van der Waals surface area contributed by atoms with Gasteiger partial charge in [0.05, 0.1) is 0 Å². The van der Waals surface area contributed by atoms with Crippen LogP contribution < -0.4 is 29.6 Å². The zero-order valence-electron chi connectivity index (χ0n) is 4.03. The molecule has 5 heteroatoms. The summed E-state index contributed by atoms with van der Waals surface area (Å²) in [6, 6.07) is 0. The SMILES string of the molecule is [C-]#N.[Fe].[Fe].[H-].[Mn].[Na+]. The Bertz CT molecular complexity index is 22.4. The fourth-order valence-electron chi connectivity index (χ4n) is 0. The van der Waals surface area contributed by atoms with E-state index in [9.17, 15) is 0 Å². The minimum absolute atomic E-state index is 0. The molecule has 0 fully saturated rings. The van der Waals surface area contributed by atoms with Crippen LogP contribution in [0.4, 0.5) is 0 Å². The van der Waals surface area contributed by atoms with Crippen LogP contribution >= 0.6 is 0 Å². The van der Waals surface area contributed by atoms with Crippen molar-refractivity contribution >= 4 is 0 Å². The average molecular weight is 217 g/mol. The molecule has 35 valence electrons. The summed E-state index contributed by atoms with van der Waals surface area (Å²) in [6.45, 7) is 4.75. The smallest absolute Gasteiger partial charge is 1.00 e. The Morgan fingerprint density at radius 3 is 1.17 bits per heavy atom. The van der Waals surface area contributed by atoms with E-state index in [0.29, 0.717) is 0 Å². The van der Waals surface area contributed by atoms with E-state index >= 15 is 0 Å². The fraction of sp³-hybridized carbons (Fsp3) is 0. The quantitative estimate of drug-likeness (QED) is 0.317. The molecule has 0 aromatic rings. The Kier molecular flexibility index (Phi) is 441. The summed E-state index contributed by atoms with van der Waals surface area (Å²) in [5.74, 6) is 0. The Morgan fingerprint density at radius 2 is 1.17 bits per heavy atom. The number of hydrogen-bond donors (Lipinski definition) is 0. The molecule has 0 saturated carbocycles. The standard InChI is InChI=1S/CN.2Fe.Mn.Na.H/c1-2;;;;;/q-1;;;;+1;-1. The van der Waals surface area contributed by atoms with E-state index in [-0.39, 0.29) is 82.2 Å². The van der Waals surface area contributed by atoms with Gasteiger partial charge in [-0.3, -0.25) is 0 Å². The molecule has 6 heavy (non-hydrogen) atoms. The second-order valence-corrected chi connectivity index (χ2v) is 0. The zero-order chi connectivity index (χ0) is 2.00. The summed E-state index contributed by atoms with van der Waals surface area (Å²) >= 11 is 0. The van der Waals surface area contributed by atoms with Gasteiger partial charge in [-0.25, -0.2) is 0 Å². The molecule has 1 radical (unpaired) electrons. The van der Waals surface area contributed by atoms with Gasteiger partial charge in [-0.1, -0.05) is 0 Å². The fourth-order valence-corrected chi connectivity index (χ4v) is 0. The van der Waals surface area contributed by atoms with Gasteiger partial charge in [0.2, 0.25) is 0 Å². The monoisotopic (exact) mass is 217 g/mol. The summed E-state index contributed by atoms with van der Waals surface area (Å²) in [6.07, 6.45) is 0. The van der Waals surface area contributed by atoms with E-state index in [2.05, 4.69) is 0 Å². The molecule has 0 spiro atoms. The normalized spacial score (nSPS) is 0.333. The average Bonchev–Trinajstić information content (AvgIpc) is 1.00. The molecule has 0 aromatic heterocycles. The van der Waals surface area contributed by atoms with E-state index in [1.54, 1.807) is 0 Å². The van der Waals surface area contributed by atoms with Crippen LogP contribution in [0.3, 0.4) is 0 Å². The van der Waals surface area contributed by atoms with Crippen molar-refractivity contribution in [3.05, 3.63) is 6.57 Å². The van der Waals surface area contributed by atoms with Crippen molar-refractivity contribution in [1.29, 1.82) is 5.26 Å².